The van der Waals surface area contributed by atoms with E-state index < -0.39 is 11.4 Å². The van der Waals surface area contributed by atoms with E-state index in [-0.39, 0.29) is 11.4 Å². The molecule has 1 N–H and O–H groups in total. The van der Waals surface area contributed by atoms with Crippen molar-refractivity contribution in [1.29, 1.82) is 0 Å². The van der Waals surface area contributed by atoms with Gasteiger partial charge in [-0.2, -0.15) is 0 Å². The Kier molecular flexibility index (Phi) is 2.63. The van der Waals surface area contributed by atoms with Gasteiger partial charge in [0.2, 0.25) is 0 Å². The van der Waals surface area contributed by atoms with Gasteiger partial charge < -0.3 is 4.52 Å². The highest BCUT2D eigenvalue weighted by molar-refractivity contribution is 5.40. The third-order valence-corrected chi connectivity index (χ3v) is 1.96. The van der Waals surface area contributed by atoms with Crippen LogP contribution in [0.25, 0.3) is 0 Å². The van der Waals surface area contributed by atoms with Crippen LogP contribution in [0.3, 0.4) is 0 Å². The van der Waals surface area contributed by atoms with E-state index in [4.69, 9.17) is 0 Å². The molecule has 0 aliphatic heterocycles. The lowest BCUT2D eigenvalue weighted by Crippen LogP contribution is -1.89. The van der Waals surface area contributed by atoms with Crippen molar-refractivity contribution < 1.29 is 8.91 Å². The van der Waals surface area contributed by atoms with Crippen LogP contribution in [0, 0.1) is 12.7 Å². The molecule has 82 valence electrons. The first kappa shape index (κ1) is 10.3. The van der Waals surface area contributed by atoms with E-state index >= 15 is 0 Å². The maximum atomic E-state index is 13.2. The molecule has 0 spiro atoms. The highest BCUT2D eigenvalue weighted by Gasteiger charge is 2.07. The molecule has 2 rings (SSSR count). The number of aromatic nitrogens is 1. The highest BCUT2D eigenvalue weighted by Crippen LogP contribution is 2.20. The third kappa shape index (κ3) is 1.90. The maximum absolute atomic E-state index is 13.2. The summed E-state index contributed by atoms with van der Waals surface area (Å²) in [5, 5.41) is 9.64. The molecular weight excluding hydrogens is 213 g/mol. The van der Waals surface area contributed by atoms with Crippen LogP contribution in [0.5, 0.6) is 0 Å². The number of nitrogens with one attached hydrogen (secondary N) is 1. The summed E-state index contributed by atoms with van der Waals surface area (Å²) >= 11 is 0. The molecule has 0 saturated carbocycles. The second kappa shape index (κ2) is 4.09. The van der Waals surface area contributed by atoms with Gasteiger partial charge in [0.25, 0.3) is 0 Å². The number of nitrogens with zero attached hydrogens (tertiary/aromatic N) is 2. The van der Waals surface area contributed by atoms with Gasteiger partial charge in [0, 0.05) is 0 Å². The molecule has 1 aromatic carbocycles. The van der Waals surface area contributed by atoms with Crippen LogP contribution in [0.2, 0.25) is 0 Å². The van der Waals surface area contributed by atoms with E-state index in [1.807, 2.05) is 0 Å². The van der Waals surface area contributed by atoms with Crippen LogP contribution >= 0.6 is 0 Å². The number of benzene rings is 1. The van der Waals surface area contributed by atoms with Crippen molar-refractivity contribution in [2.24, 2.45) is 10.2 Å². The Morgan fingerprint density at radius 2 is 2.06 bits per heavy atom. The summed E-state index contributed by atoms with van der Waals surface area (Å²) in [7, 11) is 0. The fourth-order valence-electron chi connectivity index (χ4n) is 1.13. The SMILES string of the molecule is Cc1[nH]oc(=O)c1N=Nc1ccccc1F. The Bertz CT molecular complexity index is 586. The van der Waals surface area contributed by atoms with Gasteiger partial charge in [-0.25, -0.2) is 14.3 Å². The first-order chi connectivity index (χ1) is 7.68. The Labute approximate surface area is 89.6 Å². The smallest absolute Gasteiger partial charge is 0.336 e. The quantitative estimate of drug-likeness (QED) is 0.792. The maximum Gasteiger partial charge on any atom is 0.384 e. The molecule has 2 aromatic rings. The summed E-state index contributed by atoms with van der Waals surface area (Å²) in [5.74, 6) is -0.496. The Morgan fingerprint density at radius 1 is 1.31 bits per heavy atom. The Hall–Kier alpha value is -2.24. The molecule has 0 atom stereocenters. The number of rotatable bonds is 2. The van der Waals surface area contributed by atoms with Gasteiger partial charge >= 0.3 is 5.63 Å². The standard InChI is InChI=1S/C10H8FN3O2/c1-6-9(10(15)16-14-6)13-12-8-5-3-2-4-7(8)11/h2-5,14H,1H3. The molecule has 6 heteroatoms. The van der Waals surface area contributed by atoms with E-state index in [2.05, 4.69) is 19.9 Å². The van der Waals surface area contributed by atoms with Crippen LogP contribution in [0.1, 0.15) is 5.69 Å². The highest BCUT2D eigenvalue weighted by atomic mass is 19.1. The summed E-state index contributed by atoms with van der Waals surface area (Å²) in [5.41, 5.74) is -0.0616. The summed E-state index contributed by atoms with van der Waals surface area (Å²) in [6.45, 7) is 1.61. The number of halogens is 1. The van der Waals surface area contributed by atoms with Crippen molar-refractivity contribution in [2.45, 2.75) is 6.92 Å². The molecule has 0 bridgehead atoms. The lowest BCUT2D eigenvalue weighted by Gasteiger charge is -1.92. The number of H-pyrrole nitrogens is 1. The molecule has 5 nitrogen and oxygen atoms in total. The molecular formula is C10H8FN3O2. The van der Waals surface area contributed by atoms with Crippen molar-refractivity contribution in [2.75, 3.05) is 0 Å². The van der Waals surface area contributed by atoms with Gasteiger partial charge in [-0.1, -0.05) is 12.1 Å². The van der Waals surface area contributed by atoms with Crippen LogP contribution in [0.15, 0.2) is 43.8 Å². The molecule has 0 aliphatic carbocycles. The van der Waals surface area contributed by atoms with Gasteiger partial charge in [0.1, 0.15) is 5.69 Å². The Morgan fingerprint density at radius 3 is 2.69 bits per heavy atom. The van der Waals surface area contributed by atoms with Gasteiger partial charge in [0.05, 0.1) is 5.69 Å². The van der Waals surface area contributed by atoms with Crippen molar-refractivity contribution in [3.63, 3.8) is 0 Å². The lowest BCUT2D eigenvalue weighted by molar-refractivity contribution is 0.388. The first-order valence-corrected chi connectivity index (χ1v) is 4.53. The summed E-state index contributed by atoms with van der Waals surface area (Å²) in [6, 6.07) is 5.90. The molecule has 0 aliphatic rings. The number of aromatic amines is 1. The number of aryl methyl sites for hydroxylation is 1. The molecule has 0 fully saturated rings. The zero-order valence-corrected chi connectivity index (χ0v) is 8.40. The van der Waals surface area contributed by atoms with E-state index in [9.17, 15) is 9.18 Å². The van der Waals surface area contributed by atoms with Crippen LogP contribution in [-0.2, 0) is 0 Å². The predicted octanol–water partition coefficient (Wildman–Crippen LogP) is 2.83. The van der Waals surface area contributed by atoms with Gasteiger partial charge in [0.15, 0.2) is 11.5 Å². The van der Waals surface area contributed by atoms with Gasteiger partial charge in [-0.3, -0.25) is 0 Å². The fraction of sp³-hybridized carbons (Fsp3) is 0.100. The average Bonchev–Trinajstić information content (AvgIpc) is 2.58. The molecule has 1 heterocycles. The minimum atomic E-state index is -0.627. The van der Waals surface area contributed by atoms with E-state index in [1.165, 1.54) is 12.1 Å². The first-order valence-electron chi connectivity index (χ1n) is 4.53. The Balaban J connectivity index is 2.36. The van der Waals surface area contributed by atoms with Gasteiger partial charge in [-0.15, -0.1) is 10.2 Å². The minimum absolute atomic E-state index is 0.0447. The second-order valence-corrected chi connectivity index (χ2v) is 3.12. The zero-order chi connectivity index (χ0) is 11.5. The average molecular weight is 221 g/mol. The zero-order valence-electron chi connectivity index (χ0n) is 8.40. The van der Waals surface area contributed by atoms with E-state index in [1.54, 1.807) is 19.1 Å². The molecule has 0 saturated heterocycles. The molecule has 0 unspecified atom stereocenters. The second-order valence-electron chi connectivity index (χ2n) is 3.12. The normalized spacial score (nSPS) is 11.1. The third-order valence-electron chi connectivity index (χ3n) is 1.96. The van der Waals surface area contributed by atoms with Crippen molar-refractivity contribution in [3.8, 4) is 0 Å². The number of hydrogen-bond acceptors (Lipinski definition) is 4. The summed E-state index contributed by atoms with van der Waals surface area (Å²) in [4.78, 5) is 11.1. The molecule has 0 radical (unpaired) electrons. The number of azo groups is 1. The summed E-state index contributed by atoms with van der Waals surface area (Å²) in [6.07, 6.45) is 0. The van der Waals surface area contributed by atoms with Crippen LogP contribution in [-0.4, -0.2) is 5.16 Å². The van der Waals surface area contributed by atoms with Crippen LogP contribution in [0.4, 0.5) is 15.8 Å². The van der Waals surface area contributed by atoms with Gasteiger partial charge in [-0.05, 0) is 19.1 Å². The van der Waals surface area contributed by atoms with E-state index in [0.29, 0.717) is 5.69 Å². The minimum Gasteiger partial charge on any atom is -0.336 e. The van der Waals surface area contributed by atoms with Crippen molar-refractivity contribution in [1.82, 2.24) is 5.16 Å². The van der Waals surface area contributed by atoms with Crippen molar-refractivity contribution >= 4 is 11.4 Å². The number of hydrogen-bond donors (Lipinski definition) is 1. The van der Waals surface area contributed by atoms with Crippen molar-refractivity contribution in [3.05, 3.63) is 46.2 Å². The molecule has 1 aromatic heterocycles. The topological polar surface area (TPSA) is 70.7 Å². The largest absolute Gasteiger partial charge is 0.384 e. The molecule has 16 heavy (non-hydrogen) atoms. The van der Waals surface area contributed by atoms with Crippen LogP contribution < -0.4 is 5.63 Å². The predicted molar refractivity (Wildman–Crippen MR) is 54.6 cm³/mol. The lowest BCUT2D eigenvalue weighted by atomic mass is 10.3. The monoisotopic (exact) mass is 221 g/mol. The van der Waals surface area contributed by atoms with E-state index in [0.717, 1.165) is 0 Å². The fourth-order valence-corrected chi connectivity index (χ4v) is 1.13. The molecule has 0 amide bonds. The summed E-state index contributed by atoms with van der Waals surface area (Å²) < 4.78 is 17.6.